The maximum Gasteiger partial charge on any atom is 0.305 e. The summed E-state index contributed by atoms with van der Waals surface area (Å²) in [7, 11) is 0. The Morgan fingerprint density at radius 2 is 1.74 bits per heavy atom. The van der Waals surface area contributed by atoms with E-state index >= 15 is 0 Å². The molecule has 2 unspecified atom stereocenters. The SMILES string of the molecule is CC1CCCC(n2cnc(-c3cc(Cl)ccc3-n3cc(Cl)nn3)cc2=O)c2cc(ccn2)-c2nn(CCOCCOCCOCCC(=O)O)cc2NC1=O. The molecule has 18 heteroatoms. The Morgan fingerprint density at radius 1 is 0.963 bits per heavy atom. The minimum Gasteiger partial charge on any atom is -0.481 e. The van der Waals surface area contributed by atoms with Crippen LogP contribution in [0.25, 0.3) is 28.2 Å². The number of amides is 1. The molecule has 5 heterocycles. The molecule has 0 fully saturated rings. The Morgan fingerprint density at radius 3 is 2.48 bits per heavy atom. The summed E-state index contributed by atoms with van der Waals surface area (Å²) < 4.78 is 21.2. The monoisotopic (exact) mass is 779 g/mol. The Labute approximate surface area is 320 Å². The van der Waals surface area contributed by atoms with E-state index in [1.165, 1.54) is 17.1 Å². The van der Waals surface area contributed by atoms with Gasteiger partial charge in [-0.25, -0.2) is 9.67 Å². The number of benzene rings is 1. The van der Waals surface area contributed by atoms with Crippen LogP contribution in [0.1, 0.15) is 44.3 Å². The number of carboxylic acids is 1. The van der Waals surface area contributed by atoms with E-state index in [0.717, 1.165) is 5.56 Å². The fraction of sp³-hybridized carbons (Fsp3) is 0.389. The molecule has 54 heavy (non-hydrogen) atoms. The summed E-state index contributed by atoms with van der Waals surface area (Å²) in [5.74, 6) is -1.34. The number of nitrogens with zero attached hydrogens (tertiary/aromatic N) is 8. The van der Waals surface area contributed by atoms with Crippen LogP contribution in [0.3, 0.4) is 0 Å². The van der Waals surface area contributed by atoms with E-state index in [1.54, 1.807) is 46.0 Å². The van der Waals surface area contributed by atoms with Crippen molar-refractivity contribution >= 4 is 40.8 Å². The minimum absolute atomic E-state index is 0.0453. The van der Waals surface area contributed by atoms with Crippen LogP contribution in [-0.4, -0.2) is 95.9 Å². The second kappa shape index (κ2) is 18.4. The van der Waals surface area contributed by atoms with Gasteiger partial charge >= 0.3 is 5.97 Å². The van der Waals surface area contributed by atoms with E-state index in [9.17, 15) is 14.4 Å². The van der Waals surface area contributed by atoms with E-state index in [1.807, 2.05) is 19.1 Å². The zero-order valence-corrected chi connectivity index (χ0v) is 30.9. The average molecular weight is 781 g/mol. The highest BCUT2D eigenvalue weighted by Crippen LogP contribution is 2.33. The van der Waals surface area contributed by atoms with Crippen LogP contribution in [0.4, 0.5) is 5.69 Å². The van der Waals surface area contributed by atoms with E-state index < -0.39 is 12.0 Å². The standard InChI is InChI=1S/C36H39Cl2N9O7/c1-23-3-2-4-31(46-22-40-27(19-33(46)48)26-18-25(37)5-6-30(26)47-21-32(38)42-44-47)28-17-24(7-9-39-28)35-29(41-36(23)51)20-45(43-35)10-12-53-14-16-54-15-13-52-11-8-34(49)50/h5-7,9,17-23,31H,2-4,8,10-16H2,1H3,(H,41,51)(H,49,50). The van der Waals surface area contributed by atoms with Gasteiger partial charge < -0.3 is 24.6 Å². The maximum absolute atomic E-state index is 13.9. The van der Waals surface area contributed by atoms with E-state index in [2.05, 4.69) is 25.6 Å². The number of hydrogen-bond acceptors (Lipinski definition) is 11. The van der Waals surface area contributed by atoms with Gasteiger partial charge in [0.15, 0.2) is 5.15 Å². The number of anilines is 1. The summed E-state index contributed by atoms with van der Waals surface area (Å²) in [6.07, 6.45) is 8.24. The van der Waals surface area contributed by atoms with Crippen molar-refractivity contribution in [1.82, 2.24) is 39.3 Å². The second-order valence-corrected chi connectivity index (χ2v) is 13.4. The molecular weight excluding hydrogens is 741 g/mol. The number of carbonyl (C=O) groups is 2. The third-order valence-corrected chi connectivity index (χ3v) is 9.17. The summed E-state index contributed by atoms with van der Waals surface area (Å²) in [6, 6.07) is 9.85. The zero-order chi connectivity index (χ0) is 38.0. The van der Waals surface area contributed by atoms with Crippen LogP contribution >= 0.6 is 23.2 Å². The van der Waals surface area contributed by atoms with Gasteiger partial charge in [-0.15, -0.1) is 5.10 Å². The van der Waals surface area contributed by atoms with Crippen LogP contribution in [0.15, 0.2) is 66.1 Å². The molecule has 1 amide bonds. The number of nitrogens with one attached hydrogen (secondary N) is 1. The number of fused-ring (bicyclic) bond motifs is 4. The third-order valence-electron chi connectivity index (χ3n) is 8.77. The van der Waals surface area contributed by atoms with Gasteiger partial charge in [-0.05, 0) is 43.2 Å². The average Bonchev–Trinajstić information content (AvgIpc) is 3.77. The van der Waals surface area contributed by atoms with E-state index in [4.69, 9.17) is 47.6 Å². The first-order valence-electron chi connectivity index (χ1n) is 17.4. The van der Waals surface area contributed by atoms with Crippen LogP contribution < -0.4 is 10.9 Å². The van der Waals surface area contributed by atoms with Crippen molar-refractivity contribution in [1.29, 1.82) is 0 Å². The molecule has 4 aromatic heterocycles. The number of aromatic nitrogens is 8. The van der Waals surface area contributed by atoms with Gasteiger partial charge in [0.1, 0.15) is 5.69 Å². The Hall–Kier alpha value is -5.00. The summed E-state index contributed by atoms with van der Waals surface area (Å²) in [4.78, 5) is 47.1. The van der Waals surface area contributed by atoms with Crippen molar-refractivity contribution in [2.24, 2.45) is 5.92 Å². The zero-order valence-electron chi connectivity index (χ0n) is 29.4. The van der Waals surface area contributed by atoms with Gasteiger partial charge in [-0.3, -0.25) is 28.6 Å². The Bertz CT molecular complexity index is 2140. The van der Waals surface area contributed by atoms with Crippen LogP contribution in [0.2, 0.25) is 10.2 Å². The number of aliphatic carboxylic acids is 1. The highest BCUT2D eigenvalue weighted by molar-refractivity contribution is 6.31. The van der Waals surface area contributed by atoms with Gasteiger partial charge in [0.25, 0.3) is 5.56 Å². The predicted molar refractivity (Wildman–Crippen MR) is 199 cm³/mol. The molecule has 2 bridgehead atoms. The molecule has 1 aliphatic heterocycles. The topological polar surface area (TPSA) is 190 Å². The van der Waals surface area contributed by atoms with Gasteiger partial charge in [0.2, 0.25) is 5.91 Å². The van der Waals surface area contributed by atoms with Gasteiger partial charge in [-0.2, -0.15) is 5.10 Å². The number of hydrogen-bond donors (Lipinski definition) is 2. The van der Waals surface area contributed by atoms with Crippen LogP contribution in [-0.2, 0) is 30.3 Å². The normalized spacial score (nSPS) is 15.9. The lowest BCUT2D eigenvalue weighted by atomic mass is 9.97. The number of ether oxygens (including phenoxy) is 3. The van der Waals surface area contributed by atoms with E-state index in [-0.39, 0.29) is 35.6 Å². The minimum atomic E-state index is -0.905. The lowest BCUT2D eigenvalue weighted by Gasteiger charge is -2.22. The van der Waals surface area contributed by atoms with Crippen LogP contribution in [0, 0.1) is 5.92 Å². The summed E-state index contributed by atoms with van der Waals surface area (Å²) in [5.41, 5.74) is 3.77. The quantitative estimate of drug-likeness (QED) is 0.137. The maximum atomic E-state index is 13.9. The molecule has 0 saturated carbocycles. The van der Waals surface area contributed by atoms with Crippen molar-refractivity contribution in [3.05, 3.63) is 87.5 Å². The smallest absolute Gasteiger partial charge is 0.305 e. The van der Waals surface area contributed by atoms with Crippen LogP contribution in [0.5, 0.6) is 0 Å². The molecule has 0 saturated heterocycles. The summed E-state index contributed by atoms with van der Waals surface area (Å²) >= 11 is 12.4. The lowest BCUT2D eigenvalue weighted by molar-refractivity contribution is -0.138. The molecule has 16 nitrogen and oxygen atoms in total. The Kier molecular flexibility index (Phi) is 13.2. The second-order valence-electron chi connectivity index (χ2n) is 12.6. The first kappa shape index (κ1) is 38.7. The first-order valence-corrected chi connectivity index (χ1v) is 18.2. The number of carboxylic acid groups (broad SMARTS) is 1. The van der Waals surface area contributed by atoms with E-state index in [0.29, 0.717) is 97.9 Å². The molecule has 1 aliphatic rings. The number of halogens is 2. The highest BCUT2D eigenvalue weighted by Gasteiger charge is 2.24. The highest BCUT2D eigenvalue weighted by atomic mass is 35.5. The Balaban J connectivity index is 1.19. The van der Waals surface area contributed by atoms with Crippen molar-refractivity contribution in [3.63, 3.8) is 0 Å². The van der Waals surface area contributed by atoms with Gasteiger partial charge in [-0.1, -0.05) is 41.8 Å². The molecule has 0 radical (unpaired) electrons. The van der Waals surface area contributed by atoms with Crippen molar-refractivity contribution in [2.75, 3.05) is 45.0 Å². The summed E-state index contributed by atoms with van der Waals surface area (Å²) in [6.45, 7) is 4.14. The van der Waals surface area contributed by atoms with Crippen molar-refractivity contribution < 1.29 is 28.9 Å². The first-order chi connectivity index (χ1) is 26.2. The van der Waals surface area contributed by atoms with Gasteiger partial charge in [0.05, 0.1) is 93.9 Å². The molecule has 2 N–H and O–H groups in total. The predicted octanol–water partition coefficient (Wildman–Crippen LogP) is 4.93. The van der Waals surface area contributed by atoms with Crippen molar-refractivity contribution in [3.8, 4) is 28.2 Å². The number of carbonyl (C=O) groups excluding carboxylic acids is 1. The molecule has 284 valence electrons. The van der Waals surface area contributed by atoms with Crippen molar-refractivity contribution in [2.45, 2.75) is 45.2 Å². The largest absolute Gasteiger partial charge is 0.481 e. The molecule has 6 rings (SSSR count). The molecule has 2 atom stereocenters. The lowest BCUT2D eigenvalue weighted by Crippen LogP contribution is -2.27. The molecule has 0 aliphatic carbocycles. The fourth-order valence-corrected chi connectivity index (χ4v) is 6.28. The van der Waals surface area contributed by atoms with Gasteiger partial charge in [0, 0.05) is 40.5 Å². The molecule has 1 aromatic carbocycles. The molecule has 5 aromatic rings. The number of pyridine rings is 1. The summed E-state index contributed by atoms with van der Waals surface area (Å²) in [5, 5.41) is 25.1. The third kappa shape index (κ3) is 9.95. The molecular formula is C36H39Cl2N9O7. The molecule has 0 spiro atoms. The number of rotatable bonds is 15. The fourth-order valence-electron chi connectivity index (χ4n) is 5.98.